The predicted octanol–water partition coefficient (Wildman–Crippen LogP) is 3.06. The highest BCUT2D eigenvalue weighted by atomic mass is 32.2. The number of aromatic nitrogens is 1. The van der Waals surface area contributed by atoms with Crippen LogP contribution < -0.4 is 5.32 Å². The molecule has 0 aliphatic rings. The Balaban J connectivity index is 1.60. The van der Waals surface area contributed by atoms with E-state index in [9.17, 15) is 9.18 Å². The summed E-state index contributed by atoms with van der Waals surface area (Å²) in [6.45, 7) is 0.594. The van der Waals surface area contributed by atoms with Gasteiger partial charge in [0, 0.05) is 41.9 Å². The van der Waals surface area contributed by atoms with Gasteiger partial charge in [0.2, 0.25) is 5.91 Å². The molecule has 0 saturated carbocycles. The average Bonchev–Trinajstić information content (AvgIpc) is 2.50. The van der Waals surface area contributed by atoms with Crippen molar-refractivity contribution in [3.63, 3.8) is 0 Å². The van der Waals surface area contributed by atoms with E-state index in [0.29, 0.717) is 18.7 Å². The van der Waals surface area contributed by atoms with Gasteiger partial charge in [-0.25, -0.2) is 4.39 Å². The van der Waals surface area contributed by atoms with E-state index in [0.717, 1.165) is 17.0 Å². The van der Waals surface area contributed by atoms with Crippen LogP contribution in [0.1, 0.15) is 12.1 Å². The Labute approximate surface area is 128 Å². The van der Waals surface area contributed by atoms with Gasteiger partial charge in [0.15, 0.2) is 0 Å². The van der Waals surface area contributed by atoms with Gasteiger partial charge >= 0.3 is 0 Å². The van der Waals surface area contributed by atoms with Gasteiger partial charge in [-0.1, -0.05) is 6.07 Å². The van der Waals surface area contributed by atoms with Gasteiger partial charge < -0.3 is 5.32 Å². The van der Waals surface area contributed by atoms with Crippen LogP contribution in [0.5, 0.6) is 0 Å². The van der Waals surface area contributed by atoms with Gasteiger partial charge in [0.05, 0.1) is 0 Å². The molecule has 1 amide bonds. The lowest BCUT2D eigenvalue weighted by Gasteiger charge is -2.05. The minimum atomic E-state index is -0.244. The molecule has 1 aromatic heterocycles. The minimum absolute atomic E-state index is 0.0283. The summed E-state index contributed by atoms with van der Waals surface area (Å²) in [6, 6.07) is 12.0. The van der Waals surface area contributed by atoms with Crippen molar-refractivity contribution in [1.29, 1.82) is 0 Å². The van der Waals surface area contributed by atoms with Crippen LogP contribution in [0.3, 0.4) is 0 Å². The lowest BCUT2D eigenvalue weighted by molar-refractivity contribution is -0.120. The zero-order valence-electron chi connectivity index (χ0n) is 11.6. The third-order valence-corrected chi connectivity index (χ3v) is 3.85. The first-order chi connectivity index (χ1) is 10.2. The Morgan fingerprint density at radius 2 is 2.00 bits per heavy atom. The van der Waals surface area contributed by atoms with Crippen molar-refractivity contribution in [3.05, 3.63) is 60.2 Å². The predicted molar refractivity (Wildman–Crippen MR) is 82.7 cm³/mol. The first-order valence-electron chi connectivity index (χ1n) is 6.79. The molecule has 3 nitrogen and oxygen atoms in total. The Morgan fingerprint density at radius 3 is 2.71 bits per heavy atom. The summed E-state index contributed by atoms with van der Waals surface area (Å²) in [4.78, 5) is 16.8. The minimum Gasteiger partial charge on any atom is -0.356 e. The maximum Gasteiger partial charge on any atom is 0.220 e. The van der Waals surface area contributed by atoms with Gasteiger partial charge in [-0.05, 0) is 36.4 Å². The number of halogens is 1. The second kappa shape index (κ2) is 8.42. The molecule has 5 heteroatoms. The van der Waals surface area contributed by atoms with Crippen LogP contribution in [0.25, 0.3) is 0 Å². The summed E-state index contributed by atoms with van der Waals surface area (Å²) < 4.78 is 12.7. The van der Waals surface area contributed by atoms with Gasteiger partial charge in [-0.3, -0.25) is 9.78 Å². The van der Waals surface area contributed by atoms with Crippen LogP contribution in [-0.2, 0) is 11.2 Å². The van der Waals surface area contributed by atoms with E-state index in [1.807, 2.05) is 18.2 Å². The third kappa shape index (κ3) is 5.95. The quantitative estimate of drug-likeness (QED) is 0.799. The number of rotatable bonds is 7. The van der Waals surface area contributed by atoms with Crippen LogP contribution >= 0.6 is 11.8 Å². The van der Waals surface area contributed by atoms with E-state index < -0.39 is 0 Å². The molecule has 0 saturated heterocycles. The Kier molecular flexibility index (Phi) is 6.22. The van der Waals surface area contributed by atoms with Gasteiger partial charge in [-0.15, -0.1) is 11.8 Å². The van der Waals surface area contributed by atoms with Crippen molar-refractivity contribution in [2.24, 2.45) is 0 Å². The number of amides is 1. The summed E-state index contributed by atoms with van der Waals surface area (Å²) in [5, 5.41) is 2.87. The van der Waals surface area contributed by atoms with Crippen molar-refractivity contribution in [2.75, 3.05) is 12.3 Å². The van der Waals surface area contributed by atoms with Crippen LogP contribution in [0, 0.1) is 5.82 Å². The molecule has 21 heavy (non-hydrogen) atoms. The second-order valence-corrected chi connectivity index (χ2v) is 5.64. The average molecular weight is 304 g/mol. The number of carbonyl (C=O) groups is 1. The molecular weight excluding hydrogens is 287 g/mol. The number of benzene rings is 1. The lowest BCUT2D eigenvalue weighted by Crippen LogP contribution is -2.26. The fourth-order valence-corrected chi connectivity index (χ4v) is 2.61. The maximum atomic E-state index is 12.7. The molecule has 110 valence electrons. The smallest absolute Gasteiger partial charge is 0.220 e. The highest BCUT2D eigenvalue weighted by Crippen LogP contribution is 2.18. The first-order valence-corrected chi connectivity index (χ1v) is 7.77. The van der Waals surface area contributed by atoms with E-state index in [-0.39, 0.29) is 11.7 Å². The van der Waals surface area contributed by atoms with Gasteiger partial charge in [0.1, 0.15) is 5.82 Å². The molecule has 0 bridgehead atoms. The van der Waals surface area contributed by atoms with Crippen LogP contribution in [0.2, 0.25) is 0 Å². The topological polar surface area (TPSA) is 42.0 Å². The molecule has 2 rings (SSSR count). The van der Waals surface area contributed by atoms with E-state index in [1.54, 1.807) is 30.1 Å². The maximum absolute atomic E-state index is 12.7. The molecule has 0 aliphatic heterocycles. The van der Waals surface area contributed by atoms with E-state index in [2.05, 4.69) is 10.3 Å². The molecule has 2 aromatic rings. The molecule has 0 aliphatic carbocycles. The van der Waals surface area contributed by atoms with Crippen molar-refractivity contribution in [1.82, 2.24) is 10.3 Å². The zero-order chi connectivity index (χ0) is 14.9. The molecule has 0 spiro atoms. The molecule has 1 aromatic carbocycles. The third-order valence-electron chi connectivity index (χ3n) is 2.84. The highest BCUT2D eigenvalue weighted by Gasteiger charge is 2.02. The number of nitrogens with one attached hydrogen (secondary N) is 1. The standard InChI is InChI=1S/C16H17FN2OS/c17-13-4-6-15(7-5-13)21-12-9-16(20)19-11-8-14-3-1-2-10-18-14/h1-7,10H,8-9,11-12H2,(H,19,20). The number of hydrogen-bond donors (Lipinski definition) is 1. The monoisotopic (exact) mass is 304 g/mol. The molecule has 0 atom stereocenters. The van der Waals surface area contributed by atoms with E-state index in [4.69, 9.17) is 0 Å². The number of pyridine rings is 1. The fourth-order valence-electron chi connectivity index (χ4n) is 1.76. The Bertz CT molecular complexity index is 560. The number of thioether (sulfide) groups is 1. The van der Waals surface area contributed by atoms with Crippen LogP contribution in [-0.4, -0.2) is 23.2 Å². The Morgan fingerprint density at radius 1 is 1.19 bits per heavy atom. The zero-order valence-corrected chi connectivity index (χ0v) is 12.4. The Hall–Kier alpha value is -1.88. The SMILES string of the molecule is O=C(CCSc1ccc(F)cc1)NCCc1ccccn1. The summed E-state index contributed by atoms with van der Waals surface area (Å²) in [6.07, 6.45) is 2.93. The molecule has 1 N–H and O–H groups in total. The lowest BCUT2D eigenvalue weighted by atomic mass is 10.2. The molecule has 0 radical (unpaired) electrons. The summed E-state index contributed by atoms with van der Waals surface area (Å²) >= 11 is 1.55. The summed E-state index contributed by atoms with van der Waals surface area (Å²) in [7, 11) is 0. The fraction of sp³-hybridized carbons (Fsp3) is 0.250. The van der Waals surface area contributed by atoms with Crippen LogP contribution in [0.15, 0.2) is 53.6 Å². The van der Waals surface area contributed by atoms with Gasteiger partial charge in [-0.2, -0.15) is 0 Å². The normalized spacial score (nSPS) is 10.3. The summed E-state index contributed by atoms with van der Waals surface area (Å²) in [5.74, 6) is 0.466. The second-order valence-electron chi connectivity index (χ2n) is 4.47. The number of hydrogen-bond acceptors (Lipinski definition) is 3. The molecule has 0 unspecified atom stereocenters. The highest BCUT2D eigenvalue weighted by molar-refractivity contribution is 7.99. The van der Waals surface area contributed by atoms with E-state index in [1.165, 1.54) is 12.1 Å². The number of nitrogens with zero attached hydrogens (tertiary/aromatic N) is 1. The van der Waals surface area contributed by atoms with Crippen LogP contribution in [0.4, 0.5) is 4.39 Å². The molecular formula is C16H17FN2OS. The van der Waals surface area contributed by atoms with Crippen molar-refractivity contribution in [3.8, 4) is 0 Å². The van der Waals surface area contributed by atoms with Gasteiger partial charge in [0.25, 0.3) is 0 Å². The van der Waals surface area contributed by atoms with Crippen molar-refractivity contribution < 1.29 is 9.18 Å². The molecule has 1 heterocycles. The van der Waals surface area contributed by atoms with Crippen molar-refractivity contribution >= 4 is 17.7 Å². The van der Waals surface area contributed by atoms with Crippen molar-refractivity contribution in [2.45, 2.75) is 17.7 Å². The van der Waals surface area contributed by atoms with E-state index >= 15 is 0 Å². The largest absolute Gasteiger partial charge is 0.356 e. The number of carbonyl (C=O) groups excluding carboxylic acids is 1. The first kappa shape index (κ1) is 15.5. The molecule has 0 fully saturated rings. The summed E-state index contributed by atoms with van der Waals surface area (Å²) in [5.41, 5.74) is 0.971.